The number of hydrogen-bond acceptors (Lipinski definition) is 2. The normalized spacial score (nSPS) is 18.0. The SMILES string of the molecule is CC(C)(C)N1CCC(CCOc2ccc(Br)cc2C(F)(F)F)CC1. The molecule has 1 aromatic carbocycles. The van der Waals surface area contributed by atoms with E-state index in [1.54, 1.807) is 6.07 Å². The summed E-state index contributed by atoms with van der Waals surface area (Å²) in [5.41, 5.74) is -0.542. The molecule has 1 aliphatic heterocycles. The van der Waals surface area contributed by atoms with Gasteiger partial charge in [0.2, 0.25) is 0 Å². The maximum absolute atomic E-state index is 13.1. The third-order valence-corrected chi connectivity index (χ3v) is 5.09. The minimum atomic E-state index is -4.41. The molecule has 2 rings (SSSR count). The molecule has 0 radical (unpaired) electrons. The van der Waals surface area contributed by atoms with Gasteiger partial charge < -0.3 is 4.74 Å². The highest BCUT2D eigenvalue weighted by Gasteiger charge is 2.34. The lowest BCUT2D eigenvalue weighted by Gasteiger charge is -2.40. The van der Waals surface area contributed by atoms with Crippen molar-refractivity contribution in [2.75, 3.05) is 19.7 Å². The van der Waals surface area contributed by atoms with Crippen molar-refractivity contribution in [3.05, 3.63) is 28.2 Å². The number of ether oxygens (including phenoxy) is 1. The van der Waals surface area contributed by atoms with Gasteiger partial charge in [0.25, 0.3) is 0 Å². The van der Waals surface area contributed by atoms with E-state index >= 15 is 0 Å². The van der Waals surface area contributed by atoms with Crippen LogP contribution in [0.15, 0.2) is 22.7 Å². The second-order valence-electron chi connectivity index (χ2n) is 7.38. The Labute approximate surface area is 150 Å². The lowest BCUT2D eigenvalue weighted by Crippen LogP contribution is -2.46. The van der Waals surface area contributed by atoms with Crippen LogP contribution in [0.5, 0.6) is 5.75 Å². The first-order chi connectivity index (χ1) is 11.1. The minimum absolute atomic E-state index is 0.0853. The van der Waals surface area contributed by atoms with Gasteiger partial charge in [-0.2, -0.15) is 13.2 Å². The average molecular weight is 408 g/mol. The summed E-state index contributed by atoms with van der Waals surface area (Å²) < 4.78 is 45.0. The third-order valence-electron chi connectivity index (χ3n) is 4.59. The van der Waals surface area contributed by atoms with Crippen LogP contribution < -0.4 is 4.74 Å². The summed E-state index contributed by atoms with van der Waals surface area (Å²) in [6.45, 7) is 9.04. The smallest absolute Gasteiger partial charge is 0.420 e. The van der Waals surface area contributed by atoms with Crippen LogP contribution in [0.4, 0.5) is 13.2 Å². The summed E-state index contributed by atoms with van der Waals surface area (Å²) >= 11 is 3.08. The van der Waals surface area contributed by atoms with E-state index in [1.165, 1.54) is 6.07 Å². The zero-order valence-corrected chi connectivity index (χ0v) is 16.0. The molecule has 1 saturated heterocycles. The van der Waals surface area contributed by atoms with Crippen molar-refractivity contribution in [3.63, 3.8) is 0 Å². The van der Waals surface area contributed by atoms with E-state index in [1.807, 2.05) is 0 Å². The number of hydrogen-bond donors (Lipinski definition) is 0. The number of rotatable bonds is 4. The van der Waals surface area contributed by atoms with E-state index in [0.717, 1.165) is 38.4 Å². The molecule has 1 aromatic rings. The molecule has 6 heteroatoms. The Morgan fingerprint density at radius 1 is 1.17 bits per heavy atom. The Bertz CT molecular complexity index is 546. The highest BCUT2D eigenvalue weighted by Crippen LogP contribution is 2.38. The monoisotopic (exact) mass is 407 g/mol. The van der Waals surface area contributed by atoms with Crippen molar-refractivity contribution in [2.45, 2.75) is 51.7 Å². The molecular formula is C18H25BrF3NO. The van der Waals surface area contributed by atoms with Crippen LogP contribution >= 0.6 is 15.9 Å². The van der Waals surface area contributed by atoms with E-state index < -0.39 is 11.7 Å². The summed E-state index contributed by atoms with van der Waals surface area (Å²) in [7, 11) is 0. The molecule has 0 atom stereocenters. The van der Waals surface area contributed by atoms with E-state index in [4.69, 9.17) is 4.74 Å². The molecule has 1 aliphatic rings. The van der Waals surface area contributed by atoms with Gasteiger partial charge >= 0.3 is 6.18 Å². The summed E-state index contributed by atoms with van der Waals surface area (Å²) in [6.07, 6.45) is -1.46. The Morgan fingerprint density at radius 2 is 1.79 bits per heavy atom. The number of halogens is 4. The molecule has 2 nitrogen and oxygen atoms in total. The molecule has 0 aliphatic carbocycles. The molecule has 0 bridgehead atoms. The number of benzene rings is 1. The van der Waals surface area contributed by atoms with Crippen molar-refractivity contribution >= 4 is 15.9 Å². The predicted molar refractivity (Wildman–Crippen MR) is 93.3 cm³/mol. The first-order valence-corrected chi connectivity index (χ1v) is 9.11. The van der Waals surface area contributed by atoms with Crippen LogP contribution in [0.3, 0.4) is 0 Å². The number of likely N-dealkylation sites (tertiary alicyclic amines) is 1. The quantitative estimate of drug-likeness (QED) is 0.629. The summed E-state index contributed by atoms with van der Waals surface area (Å²) in [6, 6.07) is 4.03. The predicted octanol–water partition coefficient (Wildman–Crippen LogP) is 5.75. The van der Waals surface area contributed by atoms with E-state index in [9.17, 15) is 13.2 Å². The van der Waals surface area contributed by atoms with Crippen LogP contribution in [0, 0.1) is 5.92 Å². The van der Waals surface area contributed by atoms with Crippen molar-refractivity contribution in [1.29, 1.82) is 0 Å². The molecule has 0 N–H and O–H groups in total. The number of piperidine rings is 1. The summed E-state index contributed by atoms with van der Waals surface area (Å²) in [5, 5.41) is 0. The fraction of sp³-hybridized carbons (Fsp3) is 0.667. The Balaban J connectivity index is 1.86. The van der Waals surface area contributed by atoms with Gasteiger partial charge in [-0.05, 0) is 77.2 Å². The van der Waals surface area contributed by atoms with Crippen molar-refractivity contribution < 1.29 is 17.9 Å². The standard InChI is InChI=1S/C18H25BrF3NO/c1-17(2,3)23-9-6-13(7-10-23)8-11-24-16-5-4-14(19)12-15(16)18(20,21)22/h4-5,12-13H,6-11H2,1-3H3. The van der Waals surface area contributed by atoms with E-state index in [-0.39, 0.29) is 11.3 Å². The highest BCUT2D eigenvalue weighted by molar-refractivity contribution is 9.10. The lowest BCUT2D eigenvalue weighted by atomic mass is 9.91. The van der Waals surface area contributed by atoms with Gasteiger partial charge in [0, 0.05) is 10.0 Å². The third kappa shape index (κ3) is 5.38. The largest absolute Gasteiger partial charge is 0.493 e. The first-order valence-electron chi connectivity index (χ1n) is 8.32. The molecule has 0 amide bonds. The molecule has 0 spiro atoms. The average Bonchev–Trinajstić information content (AvgIpc) is 2.47. The van der Waals surface area contributed by atoms with E-state index in [2.05, 4.69) is 41.6 Å². The van der Waals surface area contributed by atoms with Crippen molar-refractivity contribution in [3.8, 4) is 5.75 Å². The maximum Gasteiger partial charge on any atom is 0.420 e. The minimum Gasteiger partial charge on any atom is -0.493 e. The van der Waals surface area contributed by atoms with Crippen LogP contribution in [-0.2, 0) is 6.18 Å². The molecule has 24 heavy (non-hydrogen) atoms. The zero-order chi connectivity index (χ0) is 18.0. The topological polar surface area (TPSA) is 12.5 Å². The molecule has 1 fully saturated rings. The fourth-order valence-electron chi connectivity index (χ4n) is 3.08. The Kier molecular flexibility index (Phi) is 6.24. The highest BCUT2D eigenvalue weighted by atomic mass is 79.9. The molecule has 0 saturated carbocycles. The Hall–Kier alpha value is -0.750. The summed E-state index contributed by atoms with van der Waals surface area (Å²) in [4.78, 5) is 2.46. The molecular weight excluding hydrogens is 383 g/mol. The number of nitrogens with zero attached hydrogens (tertiary/aromatic N) is 1. The van der Waals surface area contributed by atoms with Gasteiger partial charge in [-0.1, -0.05) is 15.9 Å². The van der Waals surface area contributed by atoms with Gasteiger partial charge in [-0.3, -0.25) is 4.90 Å². The summed E-state index contributed by atoms with van der Waals surface area (Å²) in [5.74, 6) is 0.436. The molecule has 0 unspecified atom stereocenters. The van der Waals surface area contributed by atoms with Gasteiger partial charge in [-0.25, -0.2) is 0 Å². The van der Waals surface area contributed by atoms with Crippen LogP contribution in [0.2, 0.25) is 0 Å². The number of alkyl halides is 3. The van der Waals surface area contributed by atoms with Crippen molar-refractivity contribution in [1.82, 2.24) is 4.90 Å². The van der Waals surface area contributed by atoms with Gasteiger partial charge in [0.1, 0.15) is 5.75 Å². The lowest BCUT2D eigenvalue weighted by molar-refractivity contribution is -0.139. The molecule has 136 valence electrons. The zero-order valence-electron chi connectivity index (χ0n) is 14.4. The first kappa shape index (κ1) is 19.6. The second kappa shape index (κ2) is 7.65. The fourth-order valence-corrected chi connectivity index (χ4v) is 3.44. The molecule has 1 heterocycles. The molecule has 0 aromatic heterocycles. The van der Waals surface area contributed by atoms with Gasteiger partial charge in [-0.15, -0.1) is 0 Å². The van der Waals surface area contributed by atoms with Crippen LogP contribution in [0.25, 0.3) is 0 Å². The van der Waals surface area contributed by atoms with Crippen molar-refractivity contribution in [2.24, 2.45) is 5.92 Å². The van der Waals surface area contributed by atoms with Crippen LogP contribution in [-0.4, -0.2) is 30.1 Å². The van der Waals surface area contributed by atoms with Gasteiger partial charge in [0.05, 0.1) is 12.2 Å². The second-order valence-corrected chi connectivity index (χ2v) is 8.29. The van der Waals surface area contributed by atoms with E-state index in [0.29, 0.717) is 17.0 Å². The maximum atomic E-state index is 13.1. The van der Waals surface area contributed by atoms with Gasteiger partial charge in [0.15, 0.2) is 0 Å². The van der Waals surface area contributed by atoms with Crippen LogP contribution in [0.1, 0.15) is 45.6 Å². The Morgan fingerprint density at radius 3 is 2.33 bits per heavy atom.